The van der Waals surface area contributed by atoms with Gasteiger partial charge in [0.25, 0.3) is 0 Å². The predicted molar refractivity (Wildman–Crippen MR) is 170 cm³/mol. The molecule has 0 heterocycles. The fourth-order valence-corrected chi connectivity index (χ4v) is 6.97. The summed E-state index contributed by atoms with van der Waals surface area (Å²) in [5.74, 6) is 0.730. The lowest BCUT2D eigenvalue weighted by atomic mass is 9.57. The van der Waals surface area contributed by atoms with E-state index >= 15 is 0 Å². The Kier molecular flexibility index (Phi) is 19.1. The summed E-state index contributed by atoms with van der Waals surface area (Å²) in [6, 6.07) is 9.14. The quantitative estimate of drug-likeness (QED) is 0.116. The van der Waals surface area contributed by atoms with Crippen LogP contribution in [0.3, 0.4) is 0 Å². The average Bonchev–Trinajstić information content (AvgIpc) is 2.89. The van der Waals surface area contributed by atoms with Crippen LogP contribution in [0.15, 0.2) is 24.3 Å². The van der Waals surface area contributed by atoms with Gasteiger partial charge in [0.15, 0.2) is 0 Å². The van der Waals surface area contributed by atoms with E-state index < -0.39 is 0 Å². The van der Waals surface area contributed by atoms with Gasteiger partial charge in [-0.15, -0.1) is 0 Å². The van der Waals surface area contributed by atoms with E-state index in [1.165, 1.54) is 135 Å². The highest BCUT2D eigenvalue weighted by Gasteiger charge is 2.42. The van der Waals surface area contributed by atoms with E-state index in [-0.39, 0.29) is 5.41 Å². The highest BCUT2D eigenvalue weighted by atomic mass is 35.5. The number of hydrogen-bond donors (Lipinski definition) is 0. The molecule has 37 heavy (non-hydrogen) atoms. The third-order valence-electron chi connectivity index (χ3n) is 9.45. The van der Waals surface area contributed by atoms with E-state index in [9.17, 15) is 0 Å². The molecule has 0 bridgehead atoms. The average molecular weight is 533 g/mol. The Morgan fingerprint density at radius 3 is 1.38 bits per heavy atom. The van der Waals surface area contributed by atoms with Gasteiger partial charge in [-0.2, -0.15) is 0 Å². The smallest absolute Gasteiger partial charge is 0.0406 e. The molecular weight excluding hydrogens is 468 g/mol. The fourth-order valence-electron chi connectivity index (χ4n) is 6.84. The molecule has 1 aromatic carbocycles. The molecule has 216 valence electrons. The Balaban J connectivity index is 3.42. The van der Waals surface area contributed by atoms with Crippen molar-refractivity contribution >= 4 is 11.6 Å². The van der Waals surface area contributed by atoms with Crippen LogP contribution >= 0.6 is 11.6 Å². The third kappa shape index (κ3) is 12.9. The highest BCUT2D eigenvalue weighted by Crippen LogP contribution is 2.52. The first-order valence-corrected chi connectivity index (χ1v) is 17.0. The van der Waals surface area contributed by atoms with Crippen LogP contribution in [0.4, 0.5) is 0 Å². The van der Waals surface area contributed by atoms with Crippen LogP contribution in [0.2, 0.25) is 5.02 Å². The van der Waals surface area contributed by atoms with Crippen LogP contribution in [-0.2, 0) is 5.41 Å². The molecule has 0 aliphatic heterocycles. The Bertz CT molecular complexity index is 633. The molecule has 1 atom stereocenters. The van der Waals surface area contributed by atoms with Crippen molar-refractivity contribution in [3.05, 3.63) is 34.9 Å². The van der Waals surface area contributed by atoms with Crippen LogP contribution in [0.5, 0.6) is 0 Å². The van der Waals surface area contributed by atoms with Gasteiger partial charge >= 0.3 is 0 Å². The molecule has 0 aromatic heterocycles. The van der Waals surface area contributed by atoms with Crippen molar-refractivity contribution in [2.45, 2.75) is 182 Å². The molecule has 0 nitrogen and oxygen atoms in total. The van der Waals surface area contributed by atoms with E-state index in [2.05, 4.69) is 65.8 Å². The van der Waals surface area contributed by atoms with Crippen LogP contribution in [0.1, 0.15) is 182 Å². The summed E-state index contributed by atoms with van der Waals surface area (Å²) in [5.41, 5.74) is 2.30. The number of rotatable bonds is 24. The summed E-state index contributed by atoms with van der Waals surface area (Å²) < 4.78 is 0. The van der Waals surface area contributed by atoms with Crippen molar-refractivity contribution in [3.8, 4) is 0 Å². The van der Waals surface area contributed by atoms with Crippen LogP contribution in [-0.4, -0.2) is 0 Å². The van der Waals surface area contributed by atoms with E-state index in [1.54, 1.807) is 5.56 Å². The lowest BCUT2D eigenvalue weighted by Crippen LogP contribution is -2.39. The minimum absolute atomic E-state index is 0.284. The lowest BCUT2D eigenvalue weighted by molar-refractivity contribution is 0.0773. The Morgan fingerprint density at radius 1 is 0.541 bits per heavy atom. The number of halogens is 1. The molecular formula is C36H65Cl. The fraction of sp³-hybridized carbons (Fsp3) is 0.833. The summed E-state index contributed by atoms with van der Waals surface area (Å²) in [7, 11) is 0. The van der Waals surface area contributed by atoms with Gasteiger partial charge in [-0.1, -0.05) is 168 Å². The largest absolute Gasteiger partial charge is 0.0843 e. The van der Waals surface area contributed by atoms with Crippen molar-refractivity contribution < 1.29 is 0 Å². The van der Waals surface area contributed by atoms with E-state index in [0.29, 0.717) is 5.41 Å². The van der Waals surface area contributed by atoms with Gasteiger partial charge in [-0.05, 0) is 66.5 Å². The molecule has 1 unspecified atom stereocenters. The molecule has 1 aromatic rings. The summed E-state index contributed by atoms with van der Waals surface area (Å²) in [6.45, 7) is 14.5. The highest BCUT2D eigenvalue weighted by molar-refractivity contribution is 6.30. The predicted octanol–water partition coefficient (Wildman–Crippen LogP) is 13.5. The zero-order valence-electron chi connectivity index (χ0n) is 26.1. The summed E-state index contributed by atoms with van der Waals surface area (Å²) in [6.07, 6.45) is 28.8. The summed E-state index contributed by atoms with van der Waals surface area (Å²) in [5, 5.41) is 0.878. The van der Waals surface area contributed by atoms with Gasteiger partial charge < -0.3 is 0 Å². The van der Waals surface area contributed by atoms with Gasteiger partial charge in [0, 0.05) is 5.02 Å². The molecule has 0 aliphatic rings. The third-order valence-corrected chi connectivity index (χ3v) is 9.70. The van der Waals surface area contributed by atoms with Crippen molar-refractivity contribution in [1.82, 2.24) is 0 Å². The molecule has 0 saturated heterocycles. The van der Waals surface area contributed by atoms with Crippen molar-refractivity contribution in [1.29, 1.82) is 0 Å². The van der Waals surface area contributed by atoms with Crippen molar-refractivity contribution in [2.24, 2.45) is 11.3 Å². The molecule has 1 heteroatoms. The van der Waals surface area contributed by atoms with Crippen molar-refractivity contribution in [3.63, 3.8) is 0 Å². The minimum Gasteiger partial charge on any atom is -0.0843 e. The van der Waals surface area contributed by atoms with Gasteiger partial charge in [-0.3, -0.25) is 0 Å². The zero-order valence-corrected chi connectivity index (χ0v) is 26.9. The second-order valence-electron chi connectivity index (χ2n) is 12.7. The number of hydrogen-bond acceptors (Lipinski definition) is 0. The Labute approximate surface area is 239 Å². The maximum atomic E-state index is 6.43. The first-order chi connectivity index (χ1) is 17.9. The second-order valence-corrected chi connectivity index (χ2v) is 13.2. The number of benzene rings is 1. The maximum Gasteiger partial charge on any atom is 0.0406 e. The van der Waals surface area contributed by atoms with Crippen LogP contribution in [0, 0.1) is 11.3 Å². The minimum atomic E-state index is 0.284. The summed E-state index contributed by atoms with van der Waals surface area (Å²) >= 11 is 6.43. The topological polar surface area (TPSA) is 0 Å². The van der Waals surface area contributed by atoms with Crippen molar-refractivity contribution in [2.75, 3.05) is 0 Å². The SMILES string of the molecule is CCCCCCCC(CCCCC)(CC(CCCCCC)(CCCCCC)c1ccc(Cl)cc1)C(C)C. The summed E-state index contributed by atoms with van der Waals surface area (Å²) in [4.78, 5) is 0. The first-order valence-electron chi connectivity index (χ1n) is 16.7. The molecule has 0 radical (unpaired) electrons. The number of unbranched alkanes of at least 4 members (excludes halogenated alkanes) is 12. The van der Waals surface area contributed by atoms with E-state index in [1.807, 2.05) is 0 Å². The van der Waals surface area contributed by atoms with Gasteiger partial charge in [0.05, 0.1) is 0 Å². The Morgan fingerprint density at radius 2 is 0.919 bits per heavy atom. The Hall–Kier alpha value is -0.490. The second kappa shape index (κ2) is 20.4. The van der Waals surface area contributed by atoms with Gasteiger partial charge in [0.1, 0.15) is 0 Å². The van der Waals surface area contributed by atoms with Gasteiger partial charge in [-0.25, -0.2) is 0 Å². The molecule has 0 spiro atoms. The standard InChI is InChI=1S/C36H65Cl/c1-7-11-15-18-22-28-35(32(5)6,27-19-14-10-4)31-36(29-20-16-12-8-2,30-21-17-13-9-3)33-23-25-34(37)26-24-33/h23-26,32H,7-22,27-31H2,1-6H3. The zero-order chi connectivity index (χ0) is 27.4. The van der Waals surface area contributed by atoms with E-state index in [4.69, 9.17) is 11.6 Å². The molecule has 0 aliphatic carbocycles. The van der Waals surface area contributed by atoms with Crippen LogP contribution < -0.4 is 0 Å². The van der Waals surface area contributed by atoms with E-state index in [0.717, 1.165) is 10.9 Å². The normalized spacial score (nSPS) is 13.8. The monoisotopic (exact) mass is 532 g/mol. The molecule has 0 saturated carbocycles. The first kappa shape index (κ1) is 34.5. The van der Waals surface area contributed by atoms with Crippen LogP contribution in [0.25, 0.3) is 0 Å². The molecule has 0 amide bonds. The molecule has 0 fully saturated rings. The maximum absolute atomic E-state index is 6.43. The lowest BCUT2D eigenvalue weighted by Gasteiger charge is -2.48. The molecule has 0 N–H and O–H groups in total. The molecule has 1 rings (SSSR count). The van der Waals surface area contributed by atoms with Gasteiger partial charge in [0.2, 0.25) is 0 Å².